The third-order valence-corrected chi connectivity index (χ3v) is 9.86. The largest absolute Gasteiger partial charge is 0.254 e. The number of nitriles is 2. The van der Waals surface area contributed by atoms with E-state index >= 15 is 0 Å². The summed E-state index contributed by atoms with van der Waals surface area (Å²) in [5, 5.41) is 19.5. The van der Waals surface area contributed by atoms with Gasteiger partial charge in [-0.05, 0) is 154 Å². The van der Waals surface area contributed by atoms with Crippen LogP contribution in [0, 0.1) is 77.3 Å². The van der Waals surface area contributed by atoms with E-state index < -0.39 is 0 Å². The van der Waals surface area contributed by atoms with Crippen LogP contribution < -0.4 is 0 Å². The van der Waals surface area contributed by atoms with Gasteiger partial charge in [-0.1, -0.05) is 53.6 Å². The molecule has 0 amide bonds. The number of aromatic nitrogens is 2. The Bertz CT molecular complexity index is 2390. The van der Waals surface area contributed by atoms with Gasteiger partial charge in [0.15, 0.2) is 11.4 Å². The molecule has 6 aromatic rings. The van der Waals surface area contributed by atoms with Gasteiger partial charge in [-0.25, -0.2) is 9.69 Å². The first kappa shape index (κ1) is 36.9. The molecule has 0 N–H and O–H groups in total. The number of aryl methyl sites for hydroxylation is 8. The maximum absolute atomic E-state index is 10.0. The zero-order chi connectivity index (χ0) is 38.5. The van der Waals surface area contributed by atoms with Gasteiger partial charge in [-0.2, -0.15) is 10.5 Å². The minimum atomic E-state index is 0.408. The summed E-state index contributed by atoms with van der Waals surface area (Å²) in [6, 6.07) is 32.1. The van der Waals surface area contributed by atoms with E-state index in [-0.39, 0.29) is 0 Å². The third-order valence-electron chi connectivity index (χ3n) is 9.86. The average Bonchev–Trinajstić information content (AvgIpc) is 3.15. The van der Waals surface area contributed by atoms with Crippen molar-refractivity contribution in [3.63, 3.8) is 0 Å². The number of rotatable bonds is 9. The van der Waals surface area contributed by atoms with Gasteiger partial charge in [0.25, 0.3) is 0 Å². The van der Waals surface area contributed by atoms with Crippen molar-refractivity contribution in [3.05, 3.63) is 164 Å². The van der Waals surface area contributed by atoms with Crippen LogP contribution in [0.4, 0.5) is 11.4 Å². The molecule has 2 aromatic heterocycles. The number of pyridine rings is 2. The minimum Gasteiger partial charge on any atom is -0.254 e. The number of hydrogen-bond acceptors (Lipinski definition) is 4. The highest BCUT2D eigenvalue weighted by atomic mass is 14.7. The van der Waals surface area contributed by atoms with Crippen LogP contribution in [0.2, 0.25) is 0 Å². The lowest BCUT2D eigenvalue weighted by Gasteiger charge is -2.16. The van der Waals surface area contributed by atoms with Gasteiger partial charge in [0.1, 0.15) is 0 Å². The van der Waals surface area contributed by atoms with E-state index in [9.17, 15) is 10.5 Å². The fourth-order valence-corrected chi connectivity index (χ4v) is 7.71. The molecule has 262 valence electrons. The summed E-state index contributed by atoms with van der Waals surface area (Å²) in [7, 11) is 0. The molecule has 0 aliphatic carbocycles. The SMILES string of the molecule is [C-]#[N+]c1ccc(-c2cc(-c3c(C)cc(C)cc3C)cc(CCCCc3cc(-c4c(C)cc(C)cc4C)cc(-c4ccc(C#N)cc4[N+]#[C-])n3)n2)c(C#N)c1. The molecule has 0 aliphatic rings. The summed E-state index contributed by atoms with van der Waals surface area (Å²) in [6.07, 6.45) is 3.18. The maximum atomic E-state index is 10.0. The Morgan fingerprint density at radius 3 is 1.52 bits per heavy atom. The molecular weight excluding hydrogens is 661 g/mol. The van der Waals surface area contributed by atoms with Gasteiger partial charge in [0.05, 0.1) is 42.2 Å². The minimum absolute atomic E-state index is 0.408. The quantitative estimate of drug-likeness (QED) is 0.111. The Morgan fingerprint density at radius 2 is 1.06 bits per heavy atom. The summed E-state index contributed by atoms with van der Waals surface area (Å²) in [4.78, 5) is 17.5. The summed E-state index contributed by atoms with van der Waals surface area (Å²) in [5.41, 5.74) is 18.1. The van der Waals surface area contributed by atoms with E-state index in [0.717, 1.165) is 59.6 Å². The van der Waals surface area contributed by atoms with Gasteiger partial charge >= 0.3 is 0 Å². The van der Waals surface area contributed by atoms with Crippen LogP contribution in [0.3, 0.4) is 0 Å². The third kappa shape index (κ3) is 7.81. The van der Waals surface area contributed by atoms with E-state index in [4.69, 9.17) is 23.1 Å². The van der Waals surface area contributed by atoms with Crippen LogP contribution >= 0.6 is 0 Å². The Morgan fingerprint density at radius 1 is 0.556 bits per heavy atom. The van der Waals surface area contributed by atoms with E-state index in [0.29, 0.717) is 33.6 Å². The molecule has 2 heterocycles. The summed E-state index contributed by atoms with van der Waals surface area (Å²) in [6.45, 7) is 28.0. The van der Waals surface area contributed by atoms with Gasteiger partial charge in [0, 0.05) is 28.1 Å². The maximum Gasteiger partial charge on any atom is 0.197 e. The molecule has 0 fully saturated rings. The predicted octanol–water partition coefficient (Wildman–Crippen LogP) is 12.4. The zero-order valence-electron chi connectivity index (χ0n) is 31.6. The Hall–Kier alpha value is -6.86. The van der Waals surface area contributed by atoms with Crippen molar-refractivity contribution in [2.75, 3.05) is 0 Å². The molecule has 6 heteroatoms. The first-order chi connectivity index (χ1) is 26.0. The van der Waals surface area contributed by atoms with Gasteiger partial charge in [-0.3, -0.25) is 9.97 Å². The van der Waals surface area contributed by atoms with Crippen molar-refractivity contribution >= 4 is 11.4 Å². The number of unbranched alkanes of at least 4 members (excludes halogenated alkanes) is 1. The van der Waals surface area contributed by atoms with Gasteiger partial charge in [0.2, 0.25) is 0 Å². The van der Waals surface area contributed by atoms with Gasteiger partial charge < -0.3 is 0 Å². The highest BCUT2D eigenvalue weighted by Gasteiger charge is 2.17. The molecule has 4 aromatic carbocycles. The standard InChI is InChI=1S/C48H40N6/c1-29-17-31(3)47(32(4)18-29)36-22-40(53-45(25-36)42-16-14-39(51-7)24-38(42)28-50)11-9-10-12-41-23-37(48-33(5)19-30(2)20-34(48)6)26-46(54-41)43-15-13-35(27-49)21-44(43)52-8/h13-26H,9-12H2,1-6H3. The van der Waals surface area contributed by atoms with E-state index in [2.05, 4.69) is 112 Å². The molecule has 6 rings (SSSR count). The second-order valence-electron chi connectivity index (χ2n) is 14.1. The van der Waals surface area contributed by atoms with Crippen molar-refractivity contribution in [1.29, 1.82) is 10.5 Å². The van der Waals surface area contributed by atoms with E-state index in [1.807, 2.05) is 12.1 Å². The molecule has 54 heavy (non-hydrogen) atoms. The van der Waals surface area contributed by atoms with Crippen LogP contribution in [0.25, 0.3) is 54.5 Å². The van der Waals surface area contributed by atoms with Crippen LogP contribution in [0.5, 0.6) is 0 Å². The fourth-order valence-electron chi connectivity index (χ4n) is 7.71. The highest BCUT2D eigenvalue weighted by Crippen LogP contribution is 2.37. The normalized spacial score (nSPS) is 10.6. The molecule has 0 spiro atoms. The fraction of sp³-hybridized carbons (Fsp3) is 0.208. The topological polar surface area (TPSA) is 82.1 Å². The monoisotopic (exact) mass is 700 g/mol. The lowest BCUT2D eigenvalue weighted by molar-refractivity contribution is 0.713. The van der Waals surface area contributed by atoms with Crippen molar-refractivity contribution in [2.45, 2.75) is 67.2 Å². The lowest BCUT2D eigenvalue weighted by atomic mass is 9.91. The number of hydrogen-bond donors (Lipinski definition) is 0. The second kappa shape index (κ2) is 15.8. The zero-order valence-corrected chi connectivity index (χ0v) is 31.6. The molecule has 0 atom stereocenters. The lowest BCUT2D eigenvalue weighted by Crippen LogP contribution is -2.00. The molecule has 0 saturated carbocycles. The Balaban J connectivity index is 1.35. The molecule has 0 radical (unpaired) electrons. The van der Waals surface area contributed by atoms with Gasteiger partial charge in [-0.15, -0.1) is 0 Å². The van der Waals surface area contributed by atoms with Crippen LogP contribution in [0.1, 0.15) is 68.7 Å². The van der Waals surface area contributed by atoms with E-state index in [1.54, 1.807) is 24.3 Å². The average molecular weight is 701 g/mol. The van der Waals surface area contributed by atoms with Crippen LogP contribution in [-0.4, -0.2) is 9.97 Å². The summed E-state index contributed by atoms with van der Waals surface area (Å²) in [5.74, 6) is 0. The van der Waals surface area contributed by atoms with Crippen molar-refractivity contribution in [3.8, 4) is 56.9 Å². The summed E-state index contributed by atoms with van der Waals surface area (Å²) < 4.78 is 0. The summed E-state index contributed by atoms with van der Waals surface area (Å²) >= 11 is 0. The predicted molar refractivity (Wildman–Crippen MR) is 217 cm³/mol. The Kier molecular flexibility index (Phi) is 10.8. The van der Waals surface area contributed by atoms with Crippen LogP contribution in [-0.2, 0) is 12.8 Å². The first-order valence-electron chi connectivity index (χ1n) is 18.0. The molecular formula is C48H40N6. The molecule has 0 bridgehead atoms. The molecule has 0 unspecified atom stereocenters. The van der Waals surface area contributed by atoms with E-state index in [1.165, 1.54) is 44.5 Å². The van der Waals surface area contributed by atoms with Crippen molar-refractivity contribution in [1.82, 2.24) is 9.97 Å². The second-order valence-corrected chi connectivity index (χ2v) is 14.1. The van der Waals surface area contributed by atoms with Crippen molar-refractivity contribution in [2.24, 2.45) is 0 Å². The molecule has 0 saturated heterocycles. The Labute approximate surface area is 318 Å². The first-order valence-corrected chi connectivity index (χ1v) is 18.0. The molecule has 6 nitrogen and oxygen atoms in total. The van der Waals surface area contributed by atoms with Crippen molar-refractivity contribution < 1.29 is 0 Å². The number of benzene rings is 4. The van der Waals surface area contributed by atoms with Crippen LogP contribution in [0.15, 0.2) is 84.9 Å². The molecule has 0 aliphatic heterocycles. The highest BCUT2D eigenvalue weighted by molar-refractivity contribution is 5.82. The smallest absolute Gasteiger partial charge is 0.197 e. The number of nitrogens with zero attached hydrogens (tertiary/aromatic N) is 6.